The number of carbonyl (C=O) groups excluding carboxylic acids is 2. The quantitative estimate of drug-likeness (QED) is 0.341. The summed E-state index contributed by atoms with van der Waals surface area (Å²) < 4.78 is 4.05. The van der Waals surface area contributed by atoms with Crippen molar-refractivity contribution in [3.05, 3.63) is 62.8 Å². The fourth-order valence-corrected chi connectivity index (χ4v) is 4.96. The second kappa shape index (κ2) is 10.4. The number of benzene rings is 1. The Bertz CT molecular complexity index is 1540. The van der Waals surface area contributed by atoms with Crippen molar-refractivity contribution in [2.45, 2.75) is 51.7 Å². The minimum atomic E-state index is -0.632. The molecule has 0 spiro atoms. The zero-order valence-electron chi connectivity index (χ0n) is 21.7. The predicted molar refractivity (Wildman–Crippen MR) is 146 cm³/mol. The van der Waals surface area contributed by atoms with Gasteiger partial charge >= 0.3 is 5.69 Å². The summed E-state index contributed by atoms with van der Waals surface area (Å²) in [5.41, 5.74) is 6.14. The SMILES string of the molecule is CC=CCn1c(N2CCC[C@@H](N)C2)nc2c1c(=O)n(CC(=O)c1ccccc1NC(=O)C1CC1)c(=O)n2C. The largest absolute Gasteiger partial charge is 0.341 e. The first-order valence-electron chi connectivity index (χ1n) is 13.0. The van der Waals surface area contributed by atoms with E-state index >= 15 is 0 Å². The number of nitrogens with zero attached hydrogens (tertiary/aromatic N) is 5. The maximum atomic E-state index is 13.8. The molecule has 11 heteroatoms. The third kappa shape index (κ3) is 4.81. The Kier molecular flexibility index (Phi) is 7.02. The van der Waals surface area contributed by atoms with Crippen molar-refractivity contribution in [3.8, 4) is 0 Å². The van der Waals surface area contributed by atoms with Gasteiger partial charge in [-0.2, -0.15) is 4.98 Å². The molecule has 3 aromatic rings. The Labute approximate surface area is 219 Å². The van der Waals surface area contributed by atoms with Gasteiger partial charge in [-0.15, -0.1) is 0 Å². The van der Waals surface area contributed by atoms with Gasteiger partial charge in [-0.05, 0) is 44.7 Å². The molecular formula is C27H33N7O4. The van der Waals surface area contributed by atoms with E-state index in [9.17, 15) is 19.2 Å². The number of piperidine rings is 1. The monoisotopic (exact) mass is 519 g/mol. The molecule has 1 aromatic carbocycles. The van der Waals surface area contributed by atoms with Crippen LogP contribution in [0.3, 0.4) is 0 Å². The number of allylic oxidation sites excluding steroid dienone is 2. The highest BCUT2D eigenvalue weighted by Gasteiger charge is 2.31. The number of amides is 1. The van der Waals surface area contributed by atoms with Gasteiger partial charge in [0.05, 0.1) is 12.2 Å². The van der Waals surface area contributed by atoms with Gasteiger partial charge in [0.15, 0.2) is 16.9 Å². The van der Waals surface area contributed by atoms with Crippen molar-refractivity contribution in [1.82, 2.24) is 18.7 Å². The molecule has 3 N–H and O–H groups in total. The topological polar surface area (TPSA) is 137 Å². The standard InChI is InChI=1S/C27H33N7O4/c1-3-4-14-33-22-23(30-26(33)32-13-7-8-18(28)15-32)31(2)27(38)34(25(22)37)16-21(35)19-9-5-6-10-20(19)29-24(36)17-11-12-17/h3-6,9-10,17-18H,7-8,11-16,28H2,1-2H3,(H,29,36)/t18-/m1/s1. The third-order valence-corrected chi connectivity index (χ3v) is 7.21. The normalized spacial score (nSPS) is 17.9. The molecule has 1 saturated heterocycles. The van der Waals surface area contributed by atoms with E-state index in [2.05, 4.69) is 10.2 Å². The Balaban J connectivity index is 1.57. The summed E-state index contributed by atoms with van der Waals surface area (Å²) in [7, 11) is 1.55. The van der Waals surface area contributed by atoms with Crippen LogP contribution in [0.15, 0.2) is 46.0 Å². The number of fused-ring (bicyclic) bond motifs is 1. The summed E-state index contributed by atoms with van der Waals surface area (Å²) in [6, 6.07) is 6.65. The maximum Gasteiger partial charge on any atom is 0.332 e. The van der Waals surface area contributed by atoms with E-state index in [1.54, 1.807) is 35.9 Å². The number of nitrogens with one attached hydrogen (secondary N) is 1. The highest BCUT2D eigenvalue weighted by atomic mass is 16.2. The molecule has 38 heavy (non-hydrogen) atoms. The summed E-state index contributed by atoms with van der Waals surface area (Å²) in [6.07, 6.45) is 7.28. The number of nitrogens with two attached hydrogens (primary N) is 1. The number of Topliss-reactive ketones (excluding diaryl/α,β-unsaturated/α-hetero) is 1. The van der Waals surface area contributed by atoms with Gasteiger partial charge in [-0.3, -0.25) is 23.5 Å². The van der Waals surface area contributed by atoms with Crippen molar-refractivity contribution in [1.29, 1.82) is 0 Å². The number of para-hydroxylation sites is 1. The zero-order chi connectivity index (χ0) is 27.0. The van der Waals surface area contributed by atoms with E-state index in [4.69, 9.17) is 10.7 Å². The number of aryl methyl sites for hydroxylation is 1. The highest BCUT2D eigenvalue weighted by molar-refractivity contribution is 6.05. The lowest BCUT2D eigenvalue weighted by Crippen LogP contribution is -2.44. The first-order valence-corrected chi connectivity index (χ1v) is 13.0. The van der Waals surface area contributed by atoms with E-state index in [1.807, 2.05) is 19.1 Å². The molecule has 1 aliphatic heterocycles. The smallest absolute Gasteiger partial charge is 0.332 e. The molecule has 2 aliphatic rings. The van der Waals surface area contributed by atoms with Crippen LogP contribution in [-0.2, 0) is 24.9 Å². The Hall–Kier alpha value is -3.99. The van der Waals surface area contributed by atoms with Gasteiger partial charge in [0.25, 0.3) is 5.56 Å². The third-order valence-electron chi connectivity index (χ3n) is 7.21. The fourth-order valence-electron chi connectivity index (χ4n) is 4.96. The lowest BCUT2D eigenvalue weighted by Gasteiger charge is -2.31. The van der Waals surface area contributed by atoms with Crippen molar-refractivity contribution in [2.24, 2.45) is 18.7 Å². The first kappa shape index (κ1) is 25.7. The molecule has 1 saturated carbocycles. The van der Waals surface area contributed by atoms with Crippen molar-refractivity contribution in [3.63, 3.8) is 0 Å². The number of imidazole rings is 1. The van der Waals surface area contributed by atoms with Gasteiger partial charge in [0.2, 0.25) is 11.9 Å². The Morgan fingerprint density at radius 3 is 2.63 bits per heavy atom. The van der Waals surface area contributed by atoms with Crippen LogP contribution in [0.2, 0.25) is 0 Å². The van der Waals surface area contributed by atoms with Crippen LogP contribution in [0.25, 0.3) is 11.2 Å². The van der Waals surface area contributed by atoms with Crippen LogP contribution in [0.1, 0.15) is 43.0 Å². The number of hydrogen-bond donors (Lipinski definition) is 2. The molecule has 2 aromatic heterocycles. The minimum absolute atomic E-state index is 0.00250. The second-order valence-corrected chi connectivity index (χ2v) is 10.1. The number of anilines is 2. The summed E-state index contributed by atoms with van der Waals surface area (Å²) in [5, 5.41) is 2.82. The zero-order valence-corrected chi connectivity index (χ0v) is 21.7. The number of aromatic nitrogens is 4. The van der Waals surface area contributed by atoms with Crippen molar-refractivity contribution < 1.29 is 9.59 Å². The molecule has 1 amide bonds. The van der Waals surface area contributed by atoms with Gasteiger partial charge in [0, 0.05) is 44.2 Å². The summed E-state index contributed by atoms with van der Waals surface area (Å²) in [6.45, 7) is 3.16. The van der Waals surface area contributed by atoms with E-state index in [0.717, 1.165) is 36.8 Å². The van der Waals surface area contributed by atoms with Gasteiger partial charge < -0.3 is 20.5 Å². The van der Waals surface area contributed by atoms with Gasteiger partial charge in [-0.25, -0.2) is 4.79 Å². The Morgan fingerprint density at radius 2 is 1.92 bits per heavy atom. The van der Waals surface area contributed by atoms with Gasteiger partial charge in [0.1, 0.15) is 0 Å². The number of rotatable bonds is 8. The molecule has 5 rings (SSSR count). The molecule has 1 atom stereocenters. The molecular weight excluding hydrogens is 486 g/mol. The fraction of sp³-hybridized carbons (Fsp3) is 0.444. The highest BCUT2D eigenvalue weighted by Crippen LogP contribution is 2.31. The number of ketones is 1. The van der Waals surface area contributed by atoms with Crippen LogP contribution >= 0.6 is 0 Å². The molecule has 11 nitrogen and oxygen atoms in total. The van der Waals surface area contributed by atoms with Crippen LogP contribution in [0, 0.1) is 5.92 Å². The van der Waals surface area contributed by atoms with E-state index in [1.165, 1.54) is 4.57 Å². The van der Waals surface area contributed by atoms with Crippen LogP contribution < -0.4 is 27.2 Å². The lowest BCUT2D eigenvalue weighted by atomic mass is 10.1. The molecule has 0 radical (unpaired) electrons. The molecule has 200 valence electrons. The van der Waals surface area contributed by atoms with Crippen molar-refractivity contribution in [2.75, 3.05) is 23.3 Å². The predicted octanol–water partition coefficient (Wildman–Crippen LogP) is 1.63. The first-order chi connectivity index (χ1) is 18.3. The van der Waals surface area contributed by atoms with E-state index in [-0.39, 0.29) is 34.6 Å². The summed E-state index contributed by atoms with van der Waals surface area (Å²) >= 11 is 0. The van der Waals surface area contributed by atoms with Crippen LogP contribution in [-0.4, -0.2) is 49.5 Å². The lowest BCUT2D eigenvalue weighted by molar-refractivity contribution is -0.117. The maximum absolute atomic E-state index is 13.8. The number of hydrogen-bond acceptors (Lipinski definition) is 7. The van der Waals surface area contributed by atoms with Crippen LogP contribution in [0.4, 0.5) is 11.6 Å². The molecule has 0 bridgehead atoms. The molecule has 1 aliphatic carbocycles. The number of carbonyl (C=O) groups is 2. The van der Waals surface area contributed by atoms with E-state index < -0.39 is 23.6 Å². The molecule has 0 unspecified atom stereocenters. The van der Waals surface area contributed by atoms with Crippen molar-refractivity contribution >= 4 is 34.5 Å². The second-order valence-electron chi connectivity index (χ2n) is 10.1. The molecule has 2 fully saturated rings. The average molecular weight is 520 g/mol. The molecule has 3 heterocycles. The minimum Gasteiger partial charge on any atom is -0.341 e. The Morgan fingerprint density at radius 1 is 1.16 bits per heavy atom. The van der Waals surface area contributed by atoms with Gasteiger partial charge in [-0.1, -0.05) is 24.3 Å². The van der Waals surface area contributed by atoms with Crippen LogP contribution in [0.5, 0.6) is 0 Å². The average Bonchev–Trinajstić information content (AvgIpc) is 3.69. The summed E-state index contributed by atoms with van der Waals surface area (Å²) in [4.78, 5) is 59.5. The summed E-state index contributed by atoms with van der Waals surface area (Å²) in [5.74, 6) is -0.0243. The van der Waals surface area contributed by atoms with E-state index in [0.29, 0.717) is 24.7 Å².